The summed E-state index contributed by atoms with van der Waals surface area (Å²) in [5, 5.41) is 2.90. The first-order valence-corrected chi connectivity index (χ1v) is 7.25. The van der Waals surface area contributed by atoms with Gasteiger partial charge in [-0.25, -0.2) is 0 Å². The molecule has 0 atom stereocenters. The van der Waals surface area contributed by atoms with Crippen LogP contribution in [0.25, 0.3) is 0 Å². The van der Waals surface area contributed by atoms with Gasteiger partial charge in [-0.05, 0) is 30.5 Å². The molecule has 0 bridgehead atoms. The van der Waals surface area contributed by atoms with Crippen LogP contribution in [0.4, 0.5) is 5.69 Å². The molecule has 0 unspecified atom stereocenters. The van der Waals surface area contributed by atoms with Crippen LogP contribution in [0.3, 0.4) is 0 Å². The normalized spacial score (nSPS) is 15.6. The Kier molecular flexibility index (Phi) is 4.77. The Morgan fingerprint density at radius 1 is 1.35 bits per heavy atom. The first-order chi connectivity index (χ1) is 9.58. The van der Waals surface area contributed by atoms with Gasteiger partial charge >= 0.3 is 0 Å². The van der Waals surface area contributed by atoms with Gasteiger partial charge in [-0.2, -0.15) is 0 Å². The molecular formula is C16H22N2O2. The van der Waals surface area contributed by atoms with E-state index in [0.717, 1.165) is 30.6 Å². The number of hydrogen-bond donors (Lipinski definition) is 1. The zero-order valence-corrected chi connectivity index (χ0v) is 12.2. The van der Waals surface area contributed by atoms with E-state index in [1.165, 1.54) is 0 Å². The van der Waals surface area contributed by atoms with Gasteiger partial charge in [0.05, 0.1) is 0 Å². The van der Waals surface area contributed by atoms with E-state index < -0.39 is 0 Å². The maximum Gasteiger partial charge on any atom is 0.226 e. The van der Waals surface area contributed by atoms with Crippen molar-refractivity contribution in [3.63, 3.8) is 0 Å². The second kappa shape index (κ2) is 6.55. The van der Waals surface area contributed by atoms with E-state index >= 15 is 0 Å². The third-order valence-corrected chi connectivity index (χ3v) is 3.54. The predicted octanol–water partition coefficient (Wildman–Crippen LogP) is 2.48. The summed E-state index contributed by atoms with van der Waals surface area (Å²) in [6.45, 7) is 5.05. The van der Waals surface area contributed by atoms with Gasteiger partial charge in [0.2, 0.25) is 11.8 Å². The fourth-order valence-electron chi connectivity index (χ4n) is 2.31. The molecule has 0 aliphatic carbocycles. The van der Waals surface area contributed by atoms with Gasteiger partial charge in [-0.1, -0.05) is 26.0 Å². The van der Waals surface area contributed by atoms with Gasteiger partial charge in [0, 0.05) is 31.1 Å². The van der Waals surface area contributed by atoms with Crippen molar-refractivity contribution in [2.24, 2.45) is 5.92 Å². The van der Waals surface area contributed by atoms with Gasteiger partial charge in [0.15, 0.2) is 0 Å². The number of rotatable bonds is 4. The lowest BCUT2D eigenvalue weighted by Gasteiger charge is -2.27. The van der Waals surface area contributed by atoms with Crippen LogP contribution in [0.1, 0.15) is 38.7 Å². The van der Waals surface area contributed by atoms with Gasteiger partial charge in [0.25, 0.3) is 0 Å². The fourth-order valence-corrected chi connectivity index (χ4v) is 2.31. The van der Waals surface area contributed by atoms with E-state index in [9.17, 15) is 9.59 Å². The first-order valence-electron chi connectivity index (χ1n) is 7.25. The summed E-state index contributed by atoms with van der Waals surface area (Å²) in [6, 6.07) is 7.85. The lowest BCUT2D eigenvalue weighted by molar-refractivity contribution is -0.124. The number of nitrogens with zero attached hydrogens (tertiary/aromatic N) is 1. The average molecular weight is 274 g/mol. The highest BCUT2D eigenvalue weighted by molar-refractivity contribution is 5.94. The van der Waals surface area contributed by atoms with Crippen molar-refractivity contribution in [1.29, 1.82) is 0 Å². The Labute approximate surface area is 120 Å². The average Bonchev–Trinajstić information content (AvgIpc) is 2.45. The zero-order chi connectivity index (χ0) is 14.5. The molecule has 20 heavy (non-hydrogen) atoms. The van der Waals surface area contributed by atoms with Crippen LogP contribution in [0.2, 0.25) is 0 Å². The standard InChI is InChI=1S/C16H22N2O2/c1-12(2)16(20)17-11-13-6-5-7-14(10-13)18-9-4-3-8-15(18)19/h5-7,10,12H,3-4,8-9,11H2,1-2H3,(H,17,20). The number of nitrogens with one attached hydrogen (secondary N) is 1. The Morgan fingerprint density at radius 3 is 2.85 bits per heavy atom. The van der Waals surface area contributed by atoms with Crippen molar-refractivity contribution in [3.8, 4) is 0 Å². The van der Waals surface area contributed by atoms with Crippen molar-refractivity contribution < 1.29 is 9.59 Å². The second-order valence-electron chi connectivity index (χ2n) is 5.54. The van der Waals surface area contributed by atoms with Crippen molar-refractivity contribution in [2.45, 2.75) is 39.7 Å². The predicted molar refractivity (Wildman–Crippen MR) is 79.3 cm³/mol. The minimum Gasteiger partial charge on any atom is -0.352 e. The highest BCUT2D eigenvalue weighted by atomic mass is 16.2. The van der Waals surface area contributed by atoms with Crippen LogP contribution in [0.5, 0.6) is 0 Å². The van der Waals surface area contributed by atoms with Crippen molar-refractivity contribution in [3.05, 3.63) is 29.8 Å². The molecule has 0 aromatic heterocycles. The molecule has 0 radical (unpaired) electrons. The Balaban J connectivity index is 2.04. The molecule has 1 aliphatic rings. The summed E-state index contributed by atoms with van der Waals surface area (Å²) in [5.74, 6) is 0.228. The van der Waals surface area contributed by atoms with Crippen LogP contribution >= 0.6 is 0 Å². The van der Waals surface area contributed by atoms with Crippen molar-refractivity contribution >= 4 is 17.5 Å². The van der Waals surface area contributed by atoms with E-state index in [-0.39, 0.29) is 17.7 Å². The highest BCUT2D eigenvalue weighted by Gasteiger charge is 2.19. The maximum absolute atomic E-state index is 11.9. The molecule has 0 spiro atoms. The quantitative estimate of drug-likeness (QED) is 0.917. The fraction of sp³-hybridized carbons (Fsp3) is 0.500. The van der Waals surface area contributed by atoms with Crippen LogP contribution in [0.15, 0.2) is 24.3 Å². The largest absolute Gasteiger partial charge is 0.352 e. The molecule has 4 nitrogen and oxygen atoms in total. The Bertz CT molecular complexity index is 497. The molecular weight excluding hydrogens is 252 g/mol. The molecule has 1 aromatic carbocycles. The Morgan fingerprint density at radius 2 is 2.15 bits per heavy atom. The topological polar surface area (TPSA) is 49.4 Å². The van der Waals surface area contributed by atoms with Gasteiger partial charge < -0.3 is 10.2 Å². The lowest BCUT2D eigenvalue weighted by Crippen LogP contribution is -2.35. The van der Waals surface area contributed by atoms with Crippen LogP contribution in [-0.4, -0.2) is 18.4 Å². The van der Waals surface area contributed by atoms with E-state index in [1.54, 1.807) is 0 Å². The number of hydrogen-bond acceptors (Lipinski definition) is 2. The molecule has 1 aliphatic heterocycles. The summed E-state index contributed by atoms with van der Waals surface area (Å²) in [5.41, 5.74) is 1.96. The summed E-state index contributed by atoms with van der Waals surface area (Å²) in [7, 11) is 0. The van der Waals surface area contributed by atoms with E-state index in [4.69, 9.17) is 0 Å². The molecule has 2 rings (SSSR count). The molecule has 2 amide bonds. The smallest absolute Gasteiger partial charge is 0.226 e. The minimum atomic E-state index is -0.0122. The second-order valence-corrected chi connectivity index (χ2v) is 5.54. The molecule has 0 saturated carbocycles. The molecule has 4 heteroatoms. The van der Waals surface area contributed by atoms with Gasteiger partial charge in [-0.3, -0.25) is 9.59 Å². The SMILES string of the molecule is CC(C)C(=O)NCc1cccc(N2CCCCC2=O)c1. The van der Waals surface area contributed by atoms with E-state index in [0.29, 0.717) is 13.0 Å². The third kappa shape index (κ3) is 3.59. The number of benzene rings is 1. The molecule has 1 N–H and O–H groups in total. The molecule has 1 heterocycles. The van der Waals surface area contributed by atoms with Gasteiger partial charge in [-0.15, -0.1) is 0 Å². The summed E-state index contributed by atoms with van der Waals surface area (Å²) in [4.78, 5) is 25.3. The lowest BCUT2D eigenvalue weighted by atomic mass is 10.1. The van der Waals surface area contributed by atoms with Crippen molar-refractivity contribution in [1.82, 2.24) is 5.32 Å². The minimum absolute atomic E-state index is 0.0122. The van der Waals surface area contributed by atoms with Crippen LogP contribution in [0, 0.1) is 5.92 Å². The molecule has 1 fully saturated rings. The summed E-state index contributed by atoms with van der Waals surface area (Å²) >= 11 is 0. The van der Waals surface area contributed by atoms with Crippen LogP contribution in [-0.2, 0) is 16.1 Å². The van der Waals surface area contributed by atoms with E-state index in [2.05, 4.69) is 5.32 Å². The Hall–Kier alpha value is -1.84. The number of anilines is 1. The highest BCUT2D eigenvalue weighted by Crippen LogP contribution is 2.21. The third-order valence-electron chi connectivity index (χ3n) is 3.54. The summed E-state index contributed by atoms with van der Waals surface area (Å²) < 4.78 is 0. The van der Waals surface area contributed by atoms with E-state index in [1.807, 2.05) is 43.0 Å². The maximum atomic E-state index is 11.9. The monoisotopic (exact) mass is 274 g/mol. The van der Waals surface area contributed by atoms with Gasteiger partial charge in [0.1, 0.15) is 0 Å². The number of carbonyl (C=O) groups is 2. The zero-order valence-electron chi connectivity index (χ0n) is 12.2. The molecule has 108 valence electrons. The van der Waals surface area contributed by atoms with Crippen molar-refractivity contribution in [2.75, 3.05) is 11.4 Å². The first kappa shape index (κ1) is 14.6. The number of carbonyl (C=O) groups excluding carboxylic acids is 2. The molecule has 1 saturated heterocycles. The molecule has 1 aromatic rings. The summed E-state index contributed by atoms with van der Waals surface area (Å²) in [6.07, 6.45) is 2.67. The van der Waals surface area contributed by atoms with Crippen LogP contribution < -0.4 is 10.2 Å². The number of amides is 2. The number of piperidine rings is 1.